The first-order chi connectivity index (χ1) is 9.44. The first-order valence-corrected chi connectivity index (χ1v) is 7.91. The zero-order valence-corrected chi connectivity index (χ0v) is 14.1. The molecular formula is C17H28O4. The topological polar surface area (TPSA) is 52.6 Å². The van der Waals surface area contributed by atoms with Crippen LogP contribution in [0.5, 0.6) is 0 Å². The van der Waals surface area contributed by atoms with Crippen molar-refractivity contribution in [2.24, 2.45) is 17.3 Å². The van der Waals surface area contributed by atoms with Crippen LogP contribution in [-0.2, 0) is 19.1 Å². The maximum absolute atomic E-state index is 12.8. The van der Waals surface area contributed by atoms with Gasteiger partial charge in [0, 0.05) is 0 Å². The number of carbonyl (C=O) groups excluding carboxylic acids is 2. The van der Waals surface area contributed by atoms with Gasteiger partial charge in [-0.05, 0) is 72.6 Å². The Bertz CT molecular complexity index is 411. The number of rotatable bonds is 2. The number of hydrogen-bond acceptors (Lipinski definition) is 4. The van der Waals surface area contributed by atoms with Crippen LogP contribution < -0.4 is 0 Å². The van der Waals surface area contributed by atoms with Gasteiger partial charge in [-0.1, -0.05) is 6.42 Å². The van der Waals surface area contributed by atoms with Gasteiger partial charge in [-0.15, -0.1) is 0 Å². The molecule has 0 aromatic heterocycles. The zero-order valence-electron chi connectivity index (χ0n) is 14.1. The molecule has 21 heavy (non-hydrogen) atoms. The van der Waals surface area contributed by atoms with Crippen LogP contribution in [0.25, 0.3) is 0 Å². The van der Waals surface area contributed by atoms with Crippen LogP contribution in [0.1, 0.15) is 67.2 Å². The summed E-state index contributed by atoms with van der Waals surface area (Å²) in [4.78, 5) is 25.6. The van der Waals surface area contributed by atoms with E-state index in [2.05, 4.69) is 0 Å². The largest absolute Gasteiger partial charge is 0.459 e. The summed E-state index contributed by atoms with van der Waals surface area (Å²) in [7, 11) is 0. The normalized spacial score (nSPS) is 27.5. The van der Waals surface area contributed by atoms with Gasteiger partial charge in [-0.2, -0.15) is 0 Å². The van der Waals surface area contributed by atoms with Gasteiger partial charge in [0.2, 0.25) is 0 Å². The number of ether oxygens (including phenoxy) is 2. The van der Waals surface area contributed by atoms with E-state index in [9.17, 15) is 9.59 Å². The average Bonchev–Trinajstić information content (AvgIpc) is 2.83. The van der Waals surface area contributed by atoms with E-state index < -0.39 is 28.6 Å². The molecular weight excluding hydrogens is 268 g/mol. The second kappa shape index (κ2) is 4.99. The number of esters is 2. The third kappa shape index (κ3) is 3.24. The van der Waals surface area contributed by atoms with Crippen LogP contribution >= 0.6 is 0 Å². The molecule has 2 unspecified atom stereocenters. The Balaban J connectivity index is 2.28. The van der Waals surface area contributed by atoms with Crippen molar-refractivity contribution >= 4 is 11.9 Å². The van der Waals surface area contributed by atoms with Crippen molar-refractivity contribution in [2.45, 2.75) is 78.4 Å². The van der Waals surface area contributed by atoms with Gasteiger partial charge in [-0.25, -0.2) is 0 Å². The predicted octanol–water partition coefficient (Wildman–Crippen LogP) is 3.48. The number of fused-ring (bicyclic) bond motifs is 2. The van der Waals surface area contributed by atoms with Crippen LogP contribution in [0.3, 0.4) is 0 Å². The summed E-state index contributed by atoms with van der Waals surface area (Å²) >= 11 is 0. The summed E-state index contributed by atoms with van der Waals surface area (Å²) in [5, 5.41) is 0. The molecule has 4 heteroatoms. The Labute approximate surface area is 127 Å². The highest BCUT2D eigenvalue weighted by Gasteiger charge is 2.63. The van der Waals surface area contributed by atoms with E-state index in [1.165, 1.54) is 0 Å². The minimum atomic E-state index is -1.08. The van der Waals surface area contributed by atoms with Gasteiger partial charge in [-0.3, -0.25) is 9.59 Å². The van der Waals surface area contributed by atoms with Crippen molar-refractivity contribution in [3.63, 3.8) is 0 Å². The smallest absolute Gasteiger partial charge is 0.324 e. The molecule has 0 aromatic rings. The van der Waals surface area contributed by atoms with Crippen molar-refractivity contribution in [3.05, 3.63) is 0 Å². The van der Waals surface area contributed by atoms with Crippen LogP contribution in [-0.4, -0.2) is 23.1 Å². The van der Waals surface area contributed by atoms with E-state index in [4.69, 9.17) is 9.47 Å². The minimum Gasteiger partial charge on any atom is -0.459 e. The Morgan fingerprint density at radius 1 is 0.905 bits per heavy atom. The highest BCUT2D eigenvalue weighted by atomic mass is 16.6. The van der Waals surface area contributed by atoms with E-state index in [0.717, 1.165) is 19.3 Å². The second-order valence-corrected chi connectivity index (χ2v) is 8.56. The lowest BCUT2D eigenvalue weighted by atomic mass is 9.72. The van der Waals surface area contributed by atoms with Crippen molar-refractivity contribution in [2.75, 3.05) is 0 Å². The molecule has 2 saturated carbocycles. The minimum absolute atomic E-state index is 0.0761. The molecule has 0 radical (unpaired) electrons. The Kier molecular flexibility index (Phi) is 3.88. The van der Waals surface area contributed by atoms with Gasteiger partial charge in [0.05, 0.1) is 0 Å². The Hall–Kier alpha value is -1.06. The molecule has 120 valence electrons. The van der Waals surface area contributed by atoms with E-state index in [1.807, 2.05) is 41.5 Å². The quantitative estimate of drug-likeness (QED) is 0.578. The summed E-state index contributed by atoms with van der Waals surface area (Å²) in [6.45, 7) is 11.0. The first kappa shape index (κ1) is 16.3. The Morgan fingerprint density at radius 2 is 1.38 bits per heavy atom. The summed E-state index contributed by atoms with van der Waals surface area (Å²) in [5.41, 5.74) is -2.26. The lowest BCUT2D eigenvalue weighted by Crippen LogP contribution is -2.49. The molecule has 2 aliphatic carbocycles. The first-order valence-electron chi connectivity index (χ1n) is 7.91. The molecule has 0 N–H and O–H groups in total. The third-order valence-electron chi connectivity index (χ3n) is 4.38. The molecule has 4 nitrogen and oxygen atoms in total. The SMILES string of the molecule is CC(C)(C)OC(=O)C1(C(=O)OC(C)(C)C)CC2CCC1C2. The molecule has 2 bridgehead atoms. The molecule has 0 spiro atoms. The zero-order chi connectivity index (χ0) is 16.1. The summed E-state index contributed by atoms with van der Waals surface area (Å²) in [5.74, 6) is -0.255. The lowest BCUT2D eigenvalue weighted by molar-refractivity contribution is -0.189. The van der Waals surface area contributed by atoms with Crippen molar-refractivity contribution in [3.8, 4) is 0 Å². The summed E-state index contributed by atoms with van der Waals surface area (Å²) in [6, 6.07) is 0. The fraction of sp³-hybridized carbons (Fsp3) is 0.882. The maximum Gasteiger partial charge on any atom is 0.324 e. The van der Waals surface area contributed by atoms with Gasteiger partial charge >= 0.3 is 11.9 Å². The number of hydrogen-bond donors (Lipinski definition) is 0. The Morgan fingerprint density at radius 3 is 1.67 bits per heavy atom. The standard InChI is InChI=1S/C17H28O4/c1-15(2,3)20-13(18)17(14(19)21-16(4,5)6)10-11-7-8-12(17)9-11/h11-12H,7-10H2,1-6H3. The maximum atomic E-state index is 12.8. The molecule has 0 saturated heterocycles. The van der Waals surface area contributed by atoms with Gasteiger partial charge in [0.25, 0.3) is 0 Å². The fourth-order valence-corrected chi connectivity index (χ4v) is 3.65. The van der Waals surface area contributed by atoms with Crippen LogP contribution in [0.15, 0.2) is 0 Å². The second-order valence-electron chi connectivity index (χ2n) is 8.56. The van der Waals surface area contributed by atoms with Crippen LogP contribution in [0.4, 0.5) is 0 Å². The lowest BCUT2D eigenvalue weighted by Gasteiger charge is -2.37. The van der Waals surface area contributed by atoms with Crippen molar-refractivity contribution < 1.29 is 19.1 Å². The number of carbonyl (C=O) groups is 2. The monoisotopic (exact) mass is 296 g/mol. The highest BCUT2D eigenvalue weighted by Crippen LogP contribution is 2.57. The molecule has 0 amide bonds. The average molecular weight is 296 g/mol. The van der Waals surface area contributed by atoms with Crippen molar-refractivity contribution in [1.29, 1.82) is 0 Å². The molecule has 2 fully saturated rings. The highest BCUT2D eigenvalue weighted by molar-refractivity contribution is 6.01. The van der Waals surface area contributed by atoms with Crippen LogP contribution in [0.2, 0.25) is 0 Å². The fourth-order valence-electron chi connectivity index (χ4n) is 3.65. The van der Waals surface area contributed by atoms with Crippen LogP contribution in [0, 0.1) is 17.3 Å². The van der Waals surface area contributed by atoms with E-state index >= 15 is 0 Å². The van der Waals surface area contributed by atoms with Crippen molar-refractivity contribution in [1.82, 2.24) is 0 Å². The summed E-state index contributed by atoms with van der Waals surface area (Å²) < 4.78 is 11.1. The van der Waals surface area contributed by atoms with Gasteiger partial charge in [0.1, 0.15) is 11.2 Å². The van der Waals surface area contributed by atoms with E-state index in [1.54, 1.807) is 0 Å². The molecule has 0 aromatic carbocycles. The molecule has 0 aliphatic heterocycles. The molecule has 2 rings (SSSR count). The van der Waals surface area contributed by atoms with Gasteiger partial charge in [0.15, 0.2) is 5.41 Å². The van der Waals surface area contributed by atoms with E-state index in [0.29, 0.717) is 12.3 Å². The van der Waals surface area contributed by atoms with E-state index in [-0.39, 0.29) is 5.92 Å². The van der Waals surface area contributed by atoms with Gasteiger partial charge < -0.3 is 9.47 Å². The third-order valence-corrected chi connectivity index (χ3v) is 4.38. The molecule has 2 atom stereocenters. The molecule has 0 heterocycles. The molecule has 2 aliphatic rings. The summed E-state index contributed by atoms with van der Waals surface area (Å²) in [6.07, 6.45) is 3.56. The predicted molar refractivity (Wildman–Crippen MR) is 79.6 cm³/mol.